The Kier molecular flexibility index (Phi) is 74.1. The van der Waals surface area contributed by atoms with E-state index < -0.39 is 97.5 Å². The maximum atomic E-state index is 13.1. The number of phosphoric ester groups is 2. The first-order valence-corrected chi connectivity index (χ1v) is 46.5. The SMILES string of the molecule is CCCCCCCCCCCCCCCCCCCCCCC(=O)O[C@H](COC(=O)CCCCCCCCCCCCCCCCCCCC)COP(=O)(O)OC[C@@H](O)COP(=O)(O)OC[C@@H](COC(=O)CCCCCCCCCCCC(C)C)OC(=O)CCCCCCCCCCCCC(C)C. The number of carbonyl (C=O) groups is 4. The molecule has 0 saturated carbocycles. The molecule has 0 radical (unpaired) electrons. The maximum absolute atomic E-state index is 13.1. The van der Waals surface area contributed by atoms with Crippen LogP contribution in [0.25, 0.3) is 0 Å². The summed E-state index contributed by atoms with van der Waals surface area (Å²) in [6.45, 7) is 9.63. The van der Waals surface area contributed by atoms with Gasteiger partial charge in [-0.2, -0.15) is 0 Å². The molecule has 0 saturated heterocycles. The molecule has 0 aromatic rings. The van der Waals surface area contributed by atoms with Crippen LogP contribution in [0.2, 0.25) is 0 Å². The third-order valence-electron chi connectivity index (χ3n) is 19.7. The monoisotopic (exact) mass is 1510 g/mol. The van der Waals surface area contributed by atoms with E-state index in [0.29, 0.717) is 25.7 Å². The first-order valence-electron chi connectivity index (χ1n) is 43.5. The molecule has 0 aliphatic carbocycles. The van der Waals surface area contributed by atoms with Crippen molar-refractivity contribution in [3.63, 3.8) is 0 Å². The predicted octanol–water partition coefficient (Wildman–Crippen LogP) is 25.5. The van der Waals surface area contributed by atoms with E-state index in [1.807, 2.05) is 0 Å². The Bertz CT molecular complexity index is 1980. The summed E-state index contributed by atoms with van der Waals surface area (Å²) in [6.07, 6.45) is 66.7. The lowest BCUT2D eigenvalue weighted by Crippen LogP contribution is -2.30. The molecule has 3 N–H and O–H groups in total. The van der Waals surface area contributed by atoms with Crippen LogP contribution in [0.1, 0.15) is 446 Å². The average molecular weight is 1510 g/mol. The van der Waals surface area contributed by atoms with E-state index in [1.54, 1.807) is 0 Å². The fourth-order valence-electron chi connectivity index (χ4n) is 13.1. The number of rotatable bonds is 83. The van der Waals surface area contributed by atoms with E-state index in [-0.39, 0.29) is 25.7 Å². The normalized spacial score (nSPS) is 13.9. The molecule has 17 nitrogen and oxygen atoms in total. The molecule has 0 heterocycles. The highest BCUT2D eigenvalue weighted by atomic mass is 31.2. The van der Waals surface area contributed by atoms with Crippen molar-refractivity contribution in [2.75, 3.05) is 39.6 Å². The first kappa shape index (κ1) is 101. The molecule has 612 valence electrons. The highest BCUT2D eigenvalue weighted by Gasteiger charge is 2.30. The van der Waals surface area contributed by atoms with Gasteiger partial charge in [0.1, 0.15) is 19.3 Å². The number of hydrogen-bond donors (Lipinski definition) is 3. The van der Waals surface area contributed by atoms with Gasteiger partial charge < -0.3 is 33.8 Å². The van der Waals surface area contributed by atoms with Crippen molar-refractivity contribution < 1.29 is 80.2 Å². The van der Waals surface area contributed by atoms with Gasteiger partial charge in [-0.05, 0) is 37.5 Å². The predicted molar refractivity (Wildman–Crippen MR) is 423 cm³/mol. The second-order valence-corrected chi connectivity index (χ2v) is 34.1. The van der Waals surface area contributed by atoms with Crippen LogP contribution in [0, 0.1) is 11.8 Å². The van der Waals surface area contributed by atoms with Crippen molar-refractivity contribution in [3.8, 4) is 0 Å². The molecule has 0 aliphatic rings. The fraction of sp³-hybridized carbons (Fsp3) is 0.952. The molecule has 2 unspecified atom stereocenters. The van der Waals surface area contributed by atoms with Crippen molar-refractivity contribution in [2.24, 2.45) is 11.8 Å². The number of carbonyl (C=O) groups excluding carboxylic acids is 4. The zero-order valence-corrected chi connectivity index (χ0v) is 69.4. The quantitative estimate of drug-likeness (QED) is 0.0222. The lowest BCUT2D eigenvalue weighted by Gasteiger charge is -2.21. The van der Waals surface area contributed by atoms with Crippen LogP contribution < -0.4 is 0 Å². The second-order valence-electron chi connectivity index (χ2n) is 31.2. The third kappa shape index (κ3) is 78.0. The minimum absolute atomic E-state index is 0.106. The lowest BCUT2D eigenvalue weighted by molar-refractivity contribution is -0.161. The summed E-state index contributed by atoms with van der Waals surface area (Å²) in [6, 6.07) is 0. The Morgan fingerprint density at radius 1 is 0.262 bits per heavy atom. The zero-order valence-electron chi connectivity index (χ0n) is 67.6. The highest BCUT2D eigenvalue weighted by molar-refractivity contribution is 7.47. The Hall–Kier alpha value is -1.94. The van der Waals surface area contributed by atoms with E-state index in [4.69, 9.17) is 37.0 Å². The molecule has 0 aromatic carbocycles. The number of unbranched alkanes of at least 4 members (excludes halogenated alkanes) is 53. The Morgan fingerprint density at radius 2 is 0.447 bits per heavy atom. The van der Waals surface area contributed by atoms with Gasteiger partial charge in [-0.15, -0.1) is 0 Å². The van der Waals surface area contributed by atoms with Gasteiger partial charge in [0, 0.05) is 25.7 Å². The fourth-order valence-corrected chi connectivity index (χ4v) is 14.6. The molecular weight excluding hydrogens is 1340 g/mol. The first-order chi connectivity index (χ1) is 49.9. The van der Waals surface area contributed by atoms with Crippen LogP contribution in [0.5, 0.6) is 0 Å². The molecule has 103 heavy (non-hydrogen) atoms. The highest BCUT2D eigenvalue weighted by Crippen LogP contribution is 2.45. The number of aliphatic hydroxyl groups excluding tert-OH is 1. The molecule has 5 atom stereocenters. The van der Waals surface area contributed by atoms with Crippen LogP contribution in [0.3, 0.4) is 0 Å². The Balaban J connectivity index is 5.24. The van der Waals surface area contributed by atoms with Gasteiger partial charge >= 0.3 is 39.5 Å². The van der Waals surface area contributed by atoms with E-state index >= 15 is 0 Å². The Morgan fingerprint density at radius 3 is 0.660 bits per heavy atom. The van der Waals surface area contributed by atoms with Crippen LogP contribution in [0.4, 0.5) is 0 Å². The van der Waals surface area contributed by atoms with Gasteiger partial charge in [0.25, 0.3) is 0 Å². The number of ether oxygens (including phenoxy) is 4. The van der Waals surface area contributed by atoms with E-state index in [2.05, 4.69) is 41.5 Å². The molecule has 0 aromatic heterocycles. The van der Waals surface area contributed by atoms with Crippen LogP contribution in [0.15, 0.2) is 0 Å². The van der Waals surface area contributed by atoms with Gasteiger partial charge in [-0.1, -0.05) is 395 Å². The minimum Gasteiger partial charge on any atom is -0.462 e. The molecule has 19 heteroatoms. The molecule has 0 bridgehead atoms. The summed E-state index contributed by atoms with van der Waals surface area (Å²) < 4.78 is 68.8. The van der Waals surface area contributed by atoms with Crippen LogP contribution >= 0.6 is 15.6 Å². The molecule has 0 rings (SSSR count). The van der Waals surface area contributed by atoms with E-state index in [0.717, 1.165) is 102 Å². The molecule has 0 aliphatic heterocycles. The molecule has 0 amide bonds. The largest absolute Gasteiger partial charge is 0.472 e. The summed E-state index contributed by atoms with van der Waals surface area (Å²) in [5, 5.41) is 10.7. The number of aliphatic hydroxyl groups is 1. The van der Waals surface area contributed by atoms with Crippen molar-refractivity contribution in [3.05, 3.63) is 0 Å². The zero-order chi connectivity index (χ0) is 75.6. The van der Waals surface area contributed by atoms with Crippen molar-refractivity contribution in [1.29, 1.82) is 0 Å². The van der Waals surface area contributed by atoms with Crippen molar-refractivity contribution >= 4 is 39.5 Å². The number of esters is 4. The topological polar surface area (TPSA) is 237 Å². The maximum Gasteiger partial charge on any atom is 0.472 e. The lowest BCUT2D eigenvalue weighted by atomic mass is 10.0. The minimum atomic E-state index is -4.96. The number of phosphoric acid groups is 2. The van der Waals surface area contributed by atoms with Gasteiger partial charge in [0.15, 0.2) is 12.2 Å². The van der Waals surface area contributed by atoms with Crippen LogP contribution in [-0.2, 0) is 65.4 Å². The molecule has 0 fully saturated rings. The second kappa shape index (κ2) is 75.5. The third-order valence-corrected chi connectivity index (χ3v) is 21.6. The number of hydrogen-bond acceptors (Lipinski definition) is 15. The van der Waals surface area contributed by atoms with Crippen molar-refractivity contribution in [2.45, 2.75) is 464 Å². The van der Waals surface area contributed by atoms with Gasteiger partial charge in [-0.3, -0.25) is 37.3 Å². The summed E-state index contributed by atoms with van der Waals surface area (Å²) >= 11 is 0. The molecule has 0 spiro atoms. The smallest absolute Gasteiger partial charge is 0.462 e. The van der Waals surface area contributed by atoms with E-state index in [1.165, 1.54) is 263 Å². The van der Waals surface area contributed by atoms with Gasteiger partial charge in [0.2, 0.25) is 0 Å². The summed E-state index contributed by atoms with van der Waals surface area (Å²) in [5.74, 6) is -0.610. The standard InChI is InChI=1S/C84H164O17P2/c1-7-9-11-13-15-17-19-21-23-25-27-28-30-32-34-36-43-50-56-62-68-83(88)100-79(72-94-81(86)66-60-54-48-42-35-33-31-29-26-24-22-20-18-16-14-12-10-8-2)74-98-102(90,91)96-70-78(85)71-97-103(92,93)99-75-80(73-95-82(87)67-61-55-49-45-39-41-47-53-59-65-77(5)6)101-84(89)69-63-57-51-44-38-37-40-46-52-58-64-76(3)4/h76-80,85H,7-75H2,1-6H3,(H,90,91)(H,92,93)/t78-,79-,80-/m1/s1. The van der Waals surface area contributed by atoms with Gasteiger partial charge in [-0.25, -0.2) is 9.13 Å². The van der Waals surface area contributed by atoms with Crippen molar-refractivity contribution in [1.82, 2.24) is 0 Å². The Labute approximate surface area is 632 Å². The summed E-state index contributed by atoms with van der Waals surface area (Å²) in [5.41, 5.74) is 0. The average Bonchev–Trinajstić information content (AvgIpc) is 0.926. The van der Waals surface area contributed by atoms with Crippen LogP contribution in [-0.4, -0.2) is 96.7 Å². The van der Waals surface area contributed by atoms with E-state index in [9.17, 15) is 43.2 Å². The molecular formula is C84H164O17P2. The van der Waals surface area contributed by atoms with Gasteiger partial charge in [0.05, 0.1) is 26.4 Å². The summed E-state index contributed by atoms with van der Waals surface area (Å²) in [4.78, 5) is 73.2. The summed E-state index contributed by atoms with van der Waals surface area (Å²) in [7, 11) is -9.92.